The van der Waals surface area contributed by atoms with Gasteiger partial charge >= 0.3 is 0 Å². The lowest BCUT2D eigenvalue weighted by Crippen LogP contribution is -2.49. The quantitative estimate of drug-likeness (QED) is 0.769. The van der Waals surface area contributed by atoms with Gasteiger partial charge in [0.15, 0.2) is 0 Å². The van der Waals surface area contributed by atoms with Crippen LogP contribution in [0.2, 0.25) is 0 Å². The Bertz CT molecular complexity index is 680. The molecule has 2 aromatic heterocycles. The van der Waals surface area contributed by atoms with Gasteiger partial charge in [-0.25, -0.2) is 4.98 Å². The first-order valence-corrected chi connectivity index (χ1v) is 8.56. The van der Waals surface area contributed by atoms with Crippen LogP contribution in [0.1, 0.15) is 18.7 Å². The van der Waals surface area contributed by atoms with E-state index in [4.69, 9.17) is 16.1 Å². The van der Waals surface area contributed by atoms with Gasteiger partial charge in [-0.3, -0.25) is 4.79 Å². The zero-order valence-corrected chi connectivity index (χ0v) is 14.4. The Morgan fingerprint density at radius 3 is 2.67 bits per heavy atom. The third-order valence-electron chi connectivity index (χ3n) is 4.01. The lowest BCUT2D eigenvalue weighted by atomic mass is 10.2. The van der Waals surface area contributed by atoms with Gasteiger partial charge in [0.2, 0.25) is 17.6 Å². The average Bonchev–Trinajstić information content (AvgIpc) is 3.06. The summed E-state index contributed by atoms with van der Waals surface area (Å²) in [7, 11) is 0. The third-order valence-corrected chi connectivity index (χ3v) is 4.28. The highest BCUT2D eigenvalue weighted by molar-refractivity contribution is 6.17. The third kappa shape index (κ3) is 3.84. The molecule has 1 aliphatic heterocycles. The van der Waals surface area contributed by atoms with Crippen LogP contribution in [-0.2, 0) is 4.79 Å². The fourth-order valence-electron chi connectivity index (χ4n) is 2.68. The topological polar surface area (TPSA) is 75.4 Å². The van der Waals surface area contributed by atoms with Gasteiger partial charge in [-0.1, -0.05) is 5.16 Å². The highest BCUT2D eigenvalue weighted by Crippen LogP contribution is 2.19. The van der Waals surface area contributed by atoms with Crippen molar-refractivity contribution in [2.45, 2.75) is 19.8 Å². The smallest absolute Gasteiger partial charge is 0.223 e. The first kappa shape index (κ1) is 16.7. The van der Waals surface area contributed by atoms with Crippen molar-refractivity contribution < 1.29 is 9.32 Å². The summed E-state index contributed by atoms with van der Waals surface area (Å²) >= 11 is 5.64. The molecule has 0 N–H and O–H groups in total. The number of nitrogens with zero attached hydrogens (tertiary/aromatic N) is 5. The predicted octanol–water partition coefficient (Wildman–Crippen LogP) is 2.11. The summed E-state index contributed by atoms with van der Waals surface area (Å²) < 4.78 is 4.98. The van der Waals surface area contributed by atoms with E-state index in [2.05, 4.69) is 20.0 Å². The number of aromatic nitrogens is 3. The van der Waals surface area contributed by atoms with Crippen LogP contribution in [0.4, 0.5) is 5.82 Å². The summed E-state index contributed by atoms with van der Waals surface area (Å²) in [5.41, 5.74) is 0.825. The van der Waals surface area contributed by atoms with E-state index >= 15 is 0 Å². The largest absolute Gasteiger partial charge is 0.353 e. The molecule has 128 valence electrons. The number of amides is 1. The molecule has 7 nitrogen and oxygen atoms in total. The van der Waals surface area contributed by atoms with Gasteiger partial charge in [-0.15, -0.1) is 11.6 Å². The zero-order chi connectivity index (χ0) is 16.9. The fraction of sp³-hybridized carbons (Fsp3) is 0.500. The van der Waals surface area contributed by atoms with E-state index in [-0.39, 0.29) is 5.91 Å². The number of anilines is 1. The van der Waals surface area contributed by atoms with Crippen LogP contribution in [-0.4, -0.2) is 58.0 Å². The van der Waals surface area contributed by atoms with Gasteiger partial charge in [0, 0.05) is 57.2 Å². The summed E-state index contributed by atoms with van der Waals surface area (Å²) in [6, 6.07) is 3.89. The van der Waals surface area contributed by atoms with E-state index in [1.165, 1.54) is 0 Å². The standard InChI is InChI=1S/C16H20ClN5O2/c1-12-19-16(20-24-12)13-4-5-14(18-11-13)21-7-9-22(10-8-21)15(23)3-2-6-17/h4-5,11H,2-3,6-10H2,1H3. The number of pyridine rings is 1. The van der Waals surface area contributed by atoms with E-state index in [1.807, 2.05) is 17.0 Å². The highest BCUT2D eigenvalue weighted by Gasteiger charge is 2.21. The van der Waals surface area contributed by atoms with Gasteiger partial charge in [0.05, 0.1) is 0 Å². The molecule has 24 heavy (non-hydrogen) atoms. The van der Waals surface area contributed by atoms with E-state index in [0.717, 1.165) is 30.9 Å². The molecule has 1 saturated heterocycles. The van der Waals surface area contributed by atoms with Crippen LogP contribution in [0.25, 0.3) is 11.4 Å². The van der Waals surface area contributed by atoms with Crippen molar-refractivity contribution in [2.24, 2.45) is 0 Å². The van der Waals surface area contributed by atoms with Crippen molar-refractivity contribution in [1.82, 2.24) is 20.0 Å². The molecule has 0 atom stereocenters. The molecule has 0 bridgehead atoms. The molecule has 1 aliphatic rings. The van der Waals surface area contributed by atoms with Gasteiger partial charge in [0.25, 0.3) is 0 Å². The van der Waals surface area contributed by atoms with Gasteiger partial charge < -0.3 is 14.3 Å². The van der Waals surface area contributed by atoms with Gasteiger partial charge in [-0.2, -0.15) is 4.98 Å². The molecule has 1 fully saturated rings. The number of piperazine rings is 1. The van der Waals surface area contributed by atoms with Crippen LogP contribution >= 0.6 is 11.6 Å². The van der Waals surface area contributed by atoms with Crippen LogP contribution in [0.15, 0.2) is 22.9 Å². The van der Waals surface area contributed by atoms with Gasteiger partial charge in [0.1, 0.15) is 5.82 Å². The number of rotatable bonds is 5. The molecule has 0 unspecified atom stereocenters. The van der Waals surface area contributed by atoms with Crippen molar-refractivity contribution in [2.75, 3.05) is 37.0 Å². The van der Waals surface area contributed by atoms with Crippen molar-refractivity contribution in [3.63, 3.8) is 0 Å². The molecular formula is C16H20ClN5O2. The monoisotopic (exact) mass is 349 g/mol. The summed E-state index contributed by atoms with van der Waals surface area (Å²) in [6.07, 6.45) is 3.01. The number of aryl methyl sites for hydroxylation is 1. The van der Waals surface area contributed by atoms with E-state index in [1.54, 1.807) is 13.1 Å². The molecule has 8 heteroatoms. The molecule has 1 amide bonds. The molecule has 0 aliphatic carbocycles. The number of carbonyl (C=O) groups is 1. The minimum absolute atomic E-state index is 0.186. The number of alkyl halides is 1. The molecular weight excluding hydrogens is 330 g/mol. The average molecular weight is 350 g/mol. The second kappa shape index (κ2) is 7.61. The van der Waals surface area contributed by atoms with E-state index in [9.17, 15) is 4.79 Å². The van der Waals surface area contributed by atoms with E-state index in [0.29, 0.717) is 37.1 Å². The fourth-order valence-corrected chi connectivity index (χ4v) is 2.82. The molecule has 0 spiro atoms. The lowest BCUT2D eigenvalue weighted by molar-refractivity contribution is -0.131. The Labute approximate surface area is 145 Å². The summed E-state index contributed by atoms with van der Waals surface area (Å²) in [6.45, 7) is 4.75. The first-order chi connectivity index (χ1) is 11.7. The normalized spacial score (nSPS) is 14.9. The van der Waals surface area contributed by atoms with Crippen molar-refractivity contribution in [3.8, 4) is 11.4 Å². The Balaban J connectivity index is 1.57. The maximum Gasteiger partial charge on any atom is 0.223 e. The maximum atomic E-state index is 12.0. The summed E-state index contributed by atoms with van der Waals surface area (Å²) in [5.74, 6) is 2.69. The second-order valence-corrected chi connectivity index (χ2v) is 6.08. The summed E-state index contributed by atoms with van der Waals surface area (Å²) in [5, 5.41) is 3.89. The molecule has 3 rings (SSSR count). The maximum absolute atomic E-state index is 12.0. The molecule has 0 radical (unpaired) electrons. The second-order valence-electron chi connectivity index (χ2n) is 5.70. The number of carbonyl (C=O) groups excluding carboxylic acids is 1. The Morgan fingerprint density at radius 1 is 1.29 bits per heavy atom. The van der Waals surface area contributed by atoms with Gasteiger partial charge in [-0.05, 0) is 18.6 Å². The van der Waals surface area contributed by atoms with Crippen molar-refractivity contribution >= 4 is 23.3 Å². The highest BCUT2D eigenvalue weighted by atomic mass is 35.5. The van der Waals surface area contributed by atoms with Crippen LogP contribution < -0.4 is 4.90 Å². The molecule has 0 saturated carbocycles. The Hall–Kier alpha value is -2.15. The molecule has 2 aromatic rings. The zero-order valence-electron chi connectivity index (χ0n) is 13.6. The molecule has 0 aromatic carbocycles. The minimum atomic E-state index is 0.186. The van der Waals surface area contributed by atoms with Crippen molar-refractivity contribution in [1.29, 1.82) is 0 Å². The number of halogens is 1. The Kier molecular flexibility index (Phi) is 5.30. The lowest BCUT2D eigenvalue weighted by Gasteiger charge is -2.35. The van der Waals surface area contributed by atoms with E-state index < -0.39 is 0 Å². The summed E-state index contributed by atoms with van der Waals surface area (Å²) in [4.78, 5) is 24.8. The van der Waals surface area contributed by atoms with Crippen LogP contribution in [0.5, 0.6) is 0 Å². The SMILES string of the molecule is Cc1nc(-c2ccc(N3CCN(C(=O)CCCCl)CC3)nc2)no1. The minimum Gasteiger partial charge on any atom is -0.353 e. The number of hydrogen-bond donors (Lipinski definition) is 0. The van der Waals surface area contributed by atoms with Crippen LogP contribution in [0.3, 0.4) is 0 Å². The van der Waals surface area contributed by atoms with Crippen LogP contribution in [0, 0.1) is 6.92 Å². The van der Waals surface area contributed by atoms with Crippen molar-refractivity contribution in [3.05, 3.63) is 24.2 Å². The number of hydrogen-bond acceptors (Lipinski definition) is 6. The molecule has 3 heterocycles. The Morgan fingerprint density at radius 2 is 2.08 bits per heavy atom. The predicted molar refractivity (Wildman–Crippen MR) is 91.0 cm³/mol. The first-order valence-electron chi connectivity index (χ1n) is 8.03.